The van der Waals surface area contributed by atoms with Crippen molar-refractivity contribution in [3.05, 3.63) is 54.0 Å². The molecule has 3 aromatic rings. The van der Waals surface area contributed by atoms with Gasteiger partial charge in [0.2, 0.25) is 5.91 Å². The fraction of sp³-hybridized carbons (Fsp3) is 0.278. The maximum Gasteiger partial charge on any atom is 0.293 e. The molecule has 1 aromatic carbocycles. The van der Waals surface area contributed by atoms with Gasteiger partial charge in [-0.25, -0.2) is 0 Å². The van der Waals surface area contributed by atoms with Crippen molar-refractivity contribution in [3.63, 3.8) is 0 Å². The standard InChI is InChI=1S/C18H17N3O4/c1-23-12-6-4-11(5-7-12)13-9-14(13)17(22)19-10-16-20-18(25-21-16)15-3-2-8-24-15/h2-8,13-14H,9-10H2,1H3,(H,19,22)/t13-,14+/m0/s1. The molecule has 0 saturated heterocycles. The highest BCUT2D eigenvalue weighted by atomic mass is 16.5. The van der Waals surface area contributed by atoms with Crippen LogP contribution in [0.1, 0.15) is 23.7 Å². The molecule has 1 fully saturated rings. The third-order valence-electron chi connectivity index (χ3n) is 4.29. The second-order valence-corrected chi connectivity index (χ2v) is 5.93. The van der Waals surface area contributed by atoms with Crippen molar-refractivity contribution < 1.29 is 18.5 Å². The molecular formula is C18H17N3O4. The Balaban J connectivity index is 1.31. The molecule has 1 saturated carbocycles. The van der Waals surface area contributed by atoms with Gasteiger partial charge in [0.1, 0.15) is 5.75 Å². The van der Waals surface area contributed by atoms with E-state index in [1.54, 1.807) is 19.2 Å². The number of nitrogens with one attached hydrogen (secondary N) is 1. The first kappa shape index (κ1) is 15.4. The SMILES string of the molecule is COc1ccc([C@@H]2C[C@H]2C(=O)NCc2noc(-c3ccco3)n2)cc1. The van der Waals surface area contributed by atoms with Gasteiger partial charge in [-0.3, -0.25) is 4.79 Å². The van der Waals surface area contributed by atoms with Gasteiger partial charge in [-0.1, -0.05) is 17.3 Å². The van der Waals surface area contributed by atoms with E-state index in [2.05, 4.69) is 15.5 Å². The van der Waals surface area contributed by atoms with Crippen LogP contribution >= 0.6 is 0 Å². The summed E-state index contributed by atoms with van der Waals surface area (Å²) in [5.74, 6) is 2.30. The molecular weight excluding hydrogens is 322 g/mol. The normalized spacial score (nSPS) is 18.8. The molecule has 1 aliphatic rings. The number of hydrogen-bond acceptors (Lipinski definition) is 6. The van der Waals surface area contributed by atoms with E-state index >= 15 is 0 Å². The van der Waals surface area contributed by atoms with Gasteiger partial charge in [0.15, 0.2) is 11.6 Å². The second-order valence-electron chi connectivity index (χ2n) is 5.93. The van der Waals surface area contributed by atoms with E-state index in [1.165, 1.54) is 6.26 Å². The van der Waals surface area contributed by atoms with E-state index in [0.717, 1.165) is 17.7 Å². The number of methoxy groups -OCH3 is 1. The molecule has 1 N–H and O–H groups in total. The largest absolute Gasteiger partial charge is 0.497 e. The minimum atomic E-state index is -0.00941. The number of hydrogen-bond donors (Lipinski definition) is 1. The van der Waals surface area contributed by atoms with Crippen molar-refractivity contribution in [2.75, 3.05) is 7.11 Å². The Bertz CT molecular complexity index is 855. The molecule has 2 aromatic heterocycles. The first-order valence-electron chi connectivity index (χ1n) is 8.02. The van der Waals surface area contributed by atoms with Crippen LogP contribution < -0.4 is 10.1 Å². The Morgan fingerprint density at radius 2 is 2.16 bits per heavy atom. The second kappa shape index (κ2) is 6.43. The van der Waals surface area contributed by atoms with Crippen LogP contribution in [0.3, 0.4) is 0 Å². The van der Waals surface area contributed by atoms with Crippen LogP contribution in [0, 0.1) is 5.92 Å². The summed E-state index contributed by atoms with van der Waals surface area (Å²) in [5.41, 5.74) is 1.15. The van der Waals surface area contributed by atoms with Crippen molar-refractivity contribution in [2.45, 2.75) is 18.9 Å². The zero-order chi connectivity index (χ0) is 17.2. The van der Waals surface area contributed by atoms with Crippen molar-refractivity contribution >= 4 is 5.91 Å². The Morgan fingerprint density at radius 1 is 1.32 bits per heavy atom. The smallest absolute Gasteiger partial charge is 0.293 e. The molecule has 0 spiro atoms. The van der Waals surface area contributed by atoms with Crippen LogP contribution in [0.2, 0.25) is 0 Å². The van der Waals surface area contributed by atoms with Gasteiger partial charge in [0.05, 0.1) is 19.9 Å². The predicted octanol–water partition coefficient (Wildman–Crippen LogP) is 2.76. The fourth-order valence-electron chi connectivity index (χ4n) is 2.83. The number of aromatic nitrogens is 2. The molecule has 0 bridgehead atoms. The summed E-state index contributed by atoms with van der Waals surface area (Å²) in [7, 11) is 1.64. The molecule has 128 valence electrons. The van der Waals surface area contributed by atoms with E-state index in [-0.39, 0.29) is 24.3 Å². The van der Waals surface area contributed by atoms with Crippen LogP contribution in [0.4, 0.5) is 0 Å². The molecule has 25 heavy (non-hydrogen) atoms. The number of carbonyl (C=O) groups is 1. The Hall–Kier alpha value is -3.09. The highest BCUT2D eigenvalue weighted by Gasteiger charge is 2.43. The lowest BCUT2D eigenvalue weighted by molar-refractivity contribution is -0.122. The van der Waals surface area contributed by atoms with Gasteiger partial charge in [0.25, 0.3) is 5.89 Å². The molecule has 1 aliphatic carbocycles. The lowest BCUT2D eigenvalue weighted by Gasteiger charge is -2.04. The number of nitrogens with zero attached hydrogens (tertiary/aromatic N) is 2. The number of ether oxygens (including phenoxy) is 1. The fourth-order valence-corrected chi connectivity index (χ4v) is 2.83. The number of carbonyl (C=O) groups excluding carboxylic acids is 1. The van der Waals surface area contributed by atoms with Crippen LogP contribution in [0.15, 0.2) is 51.6 Å². The lowest BCUT2D eigenvalue weighted by Crippen LogP contribution is -2.25. The average molecular weight is 339 g/mol. The molecule has 0 radical (unpaired) electrons. The van der Waals surface area contributed by atoms with Gasteiger partial charge < -0.3 is 19.0 Å². The molecule has 7 nitrogen and oxygen atoms in total. The summed E-state index contributed by atoms with van der Waals surface area (Å²) in [6.07, 6.45) is 2.38. The van der Waals surface area contributed by atoms with Gasteiger partial charge >= 0.3 is 0 Å². The summed E-state index contributed by atoms with van der Waals surface area (Å²) >= 11 is 0. The summed E-state index contributed by atoms with van der Waals surface area (Å²) in [4.78, 5) is 16.5. The summed E-state index contributed by atoms with van der Waals surface area (Å²) in [6, 6.07) is 11.3. The summed E-state index contributed by atoms with van der Waals surface area (Å²) in [6.45, 7) is 0.231. The number of amides is 1. The van der Waals surface area contributed by atoms with Crippen LogP contribution in [-0.2, 0) is 11.3 Å². The van der Waals surface area contributed by atoms with Gasteiger partial charge in [-0.2, -0.15) is 4.98 Å². The maximum atomic E-state index is 12.3. The van der Waals surface area contributed by atoms with Crippen molar-refractivity contribution in [1.82, 2.24) is 15.5 Å². The van der Waals surface area contributed by atoms with E-state index in [1.807, 2.05) is 24.3 Å². The molecule has 0 unspecified atom stereocenters. The lowest BCUT2D eigenvalue weighted by atomic mass is 10.1. The molecule has 2 heterocycles. The van der Waals surface area contributed by atoms with E-state index < -0.39 is 0 Å². The van der Waals surface area contributed by atoms with Crippen molar-refractivity contribution in [3.8, 4) is 17.4 Å². The van der Waals surface area contributed by atoms with E-state index in [0.29, 0.717) is 17.5 Å². The third-order valence-corrected chi connectivity index (χ3v) is 4.29. The first-order chi connectivity index (χ1) is 12.2. The Kier molecular flexibility index (Phi) is 3.97. The van der Waals surface area contributed by atoms with Crippen LogP contribution in [0.25, 0.3) is 11.7 Å². The third kappa shape index (κ3) is 3.26. The number of furan rings is 1. The summed E-state index contributed by atoms with van der Waals surface area (Å²) < 4.78 is 15.5. The van der Waals surface area contributed by atoms with E-state index in [4.69, 9.17) is 13.7 Å². The van der Waals surface area contributed by atoms with Crippen molar-refractivity contribution in [2.24, 2.45) is 5.92 Å². The van der Waals surface area contributed by atoms with Gasteiger partial charge in [-0.05, 0) is 42.2 Å². The van der Waals surface area contributed by atoms with Crippen LogP contribution in [0.5, 0.6) is 5.75 Å². The maximum absolute atomic E-state index is 12.3. The predicted molar refractivity (Wildman–Crippen MR) is 87.7 cm³/mol. The quantitative estimate of drug-likeness (QED) is 0.742. The molecule has 1 amide bonds. The minimum absolute atomic E-state index is 0.00478. The first-order valence-corrected chi connectivity index (χ1v) is 8.02. The molecule has 2 atom stereocenters. The Labute approximate surface area is 144 Å². The van der Waals surface area contributed by atoms with Gasteiger partial charge in [0, 0.05) is 5.92 Å². The monoisotopic (exact) mass is 339 g/mol. The minimum Gasteiger partial charge on any atom is -0.497 e. The molecule has 4 rings (SSSR count). The number of benzene rings is 1. The average Bonchev–Trinajstić information content (AvgIpc) is 3.05. The van der Waals surface area contributed by atoms with E-state index in [9.17, 15) is 4.79 Å². The highest BCUT2D eigenvalue weighted by molar-refractivity contribution is 5.82. The topological polar surface area (TPSA) is 90.4 Å². The van der Waals surface area contributed by atoms with Crippen LogP contribution in [-0.4, -0.2) is 23.2 Å². The molecule has 0 aliphatic heterocycles. The Morgan fingerprint density at radius 3 is 2.88 bits per heavy atom. The number of rotatable bonds is 6. The van der Waals surface area contributed by atoms with Gasteiger partial charge in [-0.15, -0.1) is 0 Å². The molecule has 7 heteroatoms. The zero-order valence-electron chi connectivity index (χ0n) is 13.6. The van der Waals surface area contributed by atoms with Crippen molar-refractivity contribution in [1.29, 1.82) is 0 Å². The summed E-state index contributed by atoms with van der Waals surface area (Å²) in [5, 5.41) is 6.71. The zero-order valence-corrected chi connectivity index (χ0v) is 13.6. The highest BCUT2D eigenvalue weighted by Crippen LogP contribution is 2.47.